The highest BCUT2D eigenvalue weighted by Crippen LogP contribution is 2.33. The van der Waals surface area contributed by atoms with Gasteiger partial charge in [0.15, 0.2) is 0 Å². The molecule has 1 heterocycles. The second-order valence-electron chi connectivity index (χ2n) is 5.79. The molecule has 0 spiro atoms. The van der Waals surface area contributed by atoms with E-state index in [9.17, 15) is 0 Å². The van der Waals surface area contributed by atoms with Gasteiger partial charge in [-0.25, -0.2) is 4.98 Å². The standard InChI is InChI=1S/C15H26N2S/c1-5-15(6-2,10-16-13-7-8-13)9-14-17-11(3)12(4)18-14/h13,16H,5-10H2,1-4H3. The Morgan fingerprint density at radius 1 is 1.28 bits per heavy atom. The van der Waals surface area contributed by atoms with Gasteiger partial charge in [0.25, 0.3) is 0 Å². The summed E-state index contributed by atoms with van der Waals surface area (Å²) in [6.45, 7) is 10.1. The molecule has 0 bridgehead atoms. The van der Waals surface area contributed by atoms with Crippen molar-refractivity contribution in [1.82, 2.24) is 10.3 Å². The van der Waals surface area contributed by atoms with Crippen LogP contribution in [0.2, 0.25) is 0 Å². The molecule has 1 aliphatic carbocycles. The van der Waals surface area contributed by atoms with E-state index in [1.807, 2.05) is 11.3 Å². The molecule has 0 atom stereocenters. The molecule has 0 aliphatic heterocycles. The summed E-state index contributed by atoms with van der Waals surface area (Å²) in [6.07, 6.45) is 6.36. The lowest BCUT2D eigenvalue weighted by Crippen LogP contribution is -2.36. The molecule has 2 nitrogen and oxygen atoms in total. The van der Waals surface area contributed by atoms with Crippen LogP contribution in [0, 0.1) is 19.3 Å². The Morgan fingerprint density at radius 2 is 1.94 bits per heavy atom. The van der Waals surface area contributed by atoms with Crippen LogP contribution in [0.3, 0.4) is 0 Å². The van der Waals surface area contributed by atoms with Gasteiger partial charge in [0.2, 0.25) is 0 Å². The van der Waals surface area contributed by atoms with E-state index in [0.717, 1.165) is 19.0 Å². The van der Waals surface area contributed by atoms with Crippen LogP contribution in [0.5, 0.6) is 0 Å². The molecular formula is C15H26N2S. The van der Waals surface area contributed by atoms with E-state index in [4.69, 9.17) is 4.98 Å². The van der Waals surface area contributed by atoms with Crippen molar-refractivity contribution in [1.29, 1.82) is 0 Å². The molecular weight excluding hydrogens is 240 g/mol. The summed E-state index contributed by atoms with van der Waals surface area (Å²) in [5.41, 5.74) is 1.62. The minimum absolute atomic E-state index is 0.402. The summed E-state index contributed by atoms with van der Waals surface area (Å²) >= 11 is 1.88. The Balaban J connectivity index is 2.03. The average molecular weight is 266 g/mol. The fourth-order valence-electron chi connectivity index (χ4n) is 2.40. The van der Waals surface area contributed by atoms with Gasteiger partial charge < -0.3 is 5.32 Å². The average Bonchev–Trinajstić information content (AvgIpc) is 3.13. The van der Waals surface area contributed by atoms with Crippen molar-refractivity contribution < 1.29 is 0 Å². The molecule has 1 N–H and O–H groups in total. The Morgan fingerprint density at radius 3 is 2.39 bits per heavy atom. The summed E-state index contributed by atoms with van der Waals surface area (Å²) in [4.78, 5) is 6.10. The van der Waals surface area contributed by atoms with Gasteiger partial charge in [-0.3, -0.25) is 0 Å². The maximum atomic E-state index is 4.72. The second-order valence-corrected chi connectivity index (χ2v) is 7.08. The van der Waals surface area contributed by atoms with Gasteiger partial charge in [-0.2, -0.15) is 0 Å². The van der Waals surface area contributed by atoms with E-state index < -0.39 is 0 Å². The first-order chi connectivity index (χ1) is 8.58. The molecule has 2 rings (SSSR count). The van der Waals surface area contributed by atoms with Gasteiger partial charge >= 0.3 is 0 Å². The molecule has 1 aromatic heterocycles. The van der Waals surface area contributed by atoms with Crippen molar-refractivity contribution >= 4 is 11.3 Å². The smallest absolute Gasteiger partial charge is 0.0936 e. The Hall–Kier alpha value is -0.410. The van der Waals surface area contributed by atoms with Gasteiger partial charge in [0.1, 0.15) is 0 Å². The third-order valence-corrected chi connectivity index (χ3v) is 5.51. The first kappa shape index (κ1) is 14.0. The van der Waals surface area contributed by atoms with Gasteiger partial charge in [0, 0.05) is 23.9 Å². The Bertz CT molecular complexity index is 370. The van der Waals surface area contributed by atoms with Crippen molar-refractivity contribution in [2.24, 2.45) is 5.41 Å². The molecule has 1 aromatic rings. The molecule has 0 aromatic carbocycles. The monoisotopic (exact) mass is 266 g/mol. The normalized spacial score (nSPS) is 16.2. The van der Waals surface area contributed by atoms with E-state index in [-0.39, 0.29) is 0 Å². The van der Waals surface area contributed by atoms with Crippen molar-refractivity contribution in [3.8, 4) is 0 Å². The fourth-order valence-corrected chi connectivity index (χ4v) is 3.50. The zero-order valence-corrected chi connectivity index (χ0v) is 13.0. The molecule has 3 heteroatoms. The maximum absolute atomic E-state index is 4.72. The highest BCUT2D eigenvalue weighted by molar-refractivity contribution is 7.11. The van der Waals surface area contributed by atoms with Crippen LogP contribution in [-0.2, 0) is 6.42 Å². The number of aromatic nitrogens is 1. The third-order valence-electron chi connectivity index (χ3n) is 4.44. The van der Waals surface area contributed by atoms with Gasteiger partial charge in [0.05, 0.1) is 10.7 Å². The van der Waals surface area contributed by atoms with E-state index in [0.29, 0.717) is 5.41 Å². The molecule has 1 saturated carbocycles. The number of nitrogens with zero attached hydrogens (tertiary/aromatic N) is 1. The van der Waals surface area contributed by atoms with Crippen LogP contribution in [0.15, 0.2) is 0 Å². The summed E-state index contributed by atoms with van der Waals surface area (Å²) in [6, 6.07) is 0.808. The molecule has 102 valence electrons. The number of aryl methyl sites for hydroxylation is 2. The predicted octanol–water partition coefficient (Wildman–Crippen LogP) is 3.86. The van der Waals surface area contributed by atoms with Gasteiger partial charge in [-0.1, -0.05) is 13.8 Å². The summed E-state index contributed by atoms with van der Waals surface area (Å²) in [7, 11) is 0. The Kier molecular flexibility index (Phi) is 4.44. The third kappa shape index (κ3) is 3.33. The van der Waals surface area contributed by atoms with Crippen molar-refractivity contribution in [2.75, 3.05) is 6.54 Å². The van der Waals surface area contributed by atoms with Gasteiger partial charge in [-0.15, -0.1) is 11.3 Å². The molecule has 18 heavy (non-hydrogen) atoms. The zero-order valence-electron chi connectivity index (χ0n) is 12.2. The summed E-state index contributed by atoms with van der Waals surface area (Å²) in [5.74, 6) is 0. The minimum Gasteiger partial charge on any atom is -0.313 e. The van der Waals surface area contributed by atoms with Crippen LogP contribution in [0.4, 0.5) is 0 Å². The largest absolute Gasteiger partial charge is 0.313 e. The van der Waals surface area contributed by atoms with Crippen LogP contribution in [0.25, 0.3) is 0 Å². The van der Waals surface area contributed by atoms with E-state index >= 15 is 0 Å². The fraction of sp³-hybridized carbons (Fsp3) is 0.800. The van der Waals surface area contributed by atoms with E-state index in [2.05, 4.69) is 33.0 Å². The van der Waals surface area contributed by atoms with Crippen molar-refractivity contribution in [3.05, 3.63) is 15.6 Å². The first-order valence-corrected chi connectivity index (χ1v) is 8.06. The lowest BCUT2D eigenvalue weighted by atomic mass is 9.79. The number of thiazole rings is 1. The minimum atomic E-state index is 0.402. The van der Waals surface area contributed by atoms with Crippen LogP contribution in [0.1, 0.15) is 55.1 Å². The van der Waals surface area contributed by atoms with Crippen molar-refractivity contribution in [2.45, 2.75) is 65.8 Å². The Labute approximate surface area is 115 Å². The molecule has 0 amide bonds. The number of rotatable bonds is 7. The molecule has 0 radical (unpaired) electrons. The summed E-state index contributed by atoms with van der Waals surface area (Å²) in [5, 5.41) is 5.04. The van der Waals surface area contributed by atoms with E-state index in [1.54, 1.807) is 0 Å². The second kappa shape index (κ2) is 5.70. The highest BCUT2D eigenvalue weighted by atomic mass is 32.1. The van der Waals surface area contributed by atoms with E-state index in [1.165, 1.54) is 41.3 Å². The first-order valence-electron chi connectivity index (χ1n) is 7.25. The lowest BCUT2D eigenvalue weighted by Gasteiger charge is -2.31. The molecule has 0 unspecified atom stereocenters. The van der Waals surface area contributed by atoms with Crippen molar-refractivity contribution in [3.63, 3.8) is 0 Å². The van der Waals surface area contributed by atoms with Gasteiger partial charge in [-0.05, 0) is 44.9 Å². The number of hydrogen-bond acceptors (Lipinski definition) is 3. The lowest BCUT2D eigenvalue weighted by molar-refractivity contribution is 0.245. The topological polar surface area (TPSA) is 24.9 Å². The number of hydrogen-bond donors (Lipinski definition) is 1. The van der Waals surface area contributed by atoms with Crippen LogP contribution in [-0.4, -0.2) is 17.6 Å². The maximum Gasteiger partial charge on any atom is 0.0936 e. The SMILES string of the molecule is CCC(CC)(CNC1CC1)Cc1nc(C)c(C)s1. The zero-order chi connectivity index (χ0) is 13.2. The van der Waals surface area contributed by atoms with Crippen LogP contribution < -0.4 is 5.32 Å². The van der Waals surface area contributed by atoms with Crippen LogP contribution >= 0.6 is 11.3 Å². The molecule has 1 aliphatic rings. The number of nitrogens with one attached hydrogen (secondary N) is 1. The highest BCUT2D eigenvalue weighted by Gasteiger charge is 2.31. The summed E-state index contributed by atoms with van der Waals surface area (Å²) < 4.78 is 0. The molecule has 1 fully saturated rings. The quantitative estimate of drug-likeness (QED) is 0.810. The molecule has 0 saturated heterocycles. The predicted molar refractivity (Wildman–Crippen MR) is 79.3 cm³/mol.